The van der Waals surface area contributed by atoms with Gasteiger partial charge in [0, 0.05) is 31.9 Å². The average Bonchev–Trinajstić information content (AvgIpc) is 2.67. The van der Waals surface area contributed by atoms with E-state index in [0.717, 1.165) is 44.9 Å². The first kappa shape index (κ1) is 26.9. The number of rotatable bonds is 6. The summed E-state index contributed by atoms with van der Waals surface area (Å²) in [7, 11) is 2.96. The summed E-state index contributed by atoms with van der Waals surface area (Å²) in [4.78, 5) is 2.21. The minimum absolute atomic E-state index is 0.780. The van der Waals surface area contributed by atoms with Gasteiger partial charge in [0.15, 0.2) is 0 Å². The number of nitrogens with zero attached hydrogens (tertiary/aromatic N) is 1. The van der Waals surface area contributed by atoms with Gasteiger partial charge in [-0.1, -0.05) is 78.7 Å². The fourth-order valence-corrected chi connectivity index (χ4v) is 5.34. The SMILES string of the molecule is CCN(CC)C(=S)SCc1ccccc1.CCNC(=S)SSC(=S)NCC. The summed E-state index contributed by atoms with van der Waals surface area (Å²) in [6.45, 7) is 12.0. The zero-order valence-electron chi connectivity index (χ0n) is 16.3. The largest absolute Gasteiger partial charge is 0.371 e. The van der Waals surface area contributed by atoms with E-state index < -0.39 is 0 Å². The highest BCUT2D eigenvalue weighted by Crippen LogP contribution is 2.22. The third-order valence-corrected chi connectivity index (χ3v) is 8.00. The van der Waals surface area contributed by atoms with Crippen molar-refractivity contribution in [2.75, 3.05) is 26.2 Å². The maximum absolute atomic E-state index is 5.36. The number of thiocarbonyl (C=S) groups is 3. The molecule has 1 aromatic rings. The van der Waals surface area contributed by atoms with Gasteiger partial charge >= 0.3 is 0 Å². The minimum Gasteiger partial charge on any atom is -0.371 e. The predicted molar refractivity (Wildman–Crippen MR) is 141 cm³/mol. The van der Waals surface area contributed by atoms with E-state index in [4.69, 9.17) is 36.7 Å². The van der Waals surface area contributed by atoms with Gasteiger partial charge in [0.25, 0.3) is 0 Å². The molecule has 27 heavy (non-hydrogen) atoms. The second-order valence-electron chi connectivity index (χ2n) is 5.01. The predicted octanol–water partition coefficient (Wildman–Crippen LogP) is 5.70. The second kappa shape index (κ2) is 18.0. The van der Waals surface area contributed by atoms with Crippen LogP contribution in [0.5, 0.6) is 0 Å². The van der Waals surface area contributed by atoms with Crippen LogP contribution in [-0.2, 0) is 5.75 Å². The molecule has 2 N–H and O–H groups in total. The minimum atomic E-state index is 0.780. The Bertz CT molecular complexity index is 531. The Kier molecular flexibility index (Phi) is 18.0. The van der Waals surface area contributed by atoms with E-state index in [-0.39, 0.29) is 0 Å². The second-order valence-corrected chi connectivity index (χ2v) is 10.1. The number of hydrogen-bond donors (Lipinski definition) is 2. The first-order chi connectivity index (χ1) is 13.0. The molecule has 0 atom stereocenters. The molecule has 0 unspecified atom stereocenters. The molecule has 0 amide bonds. The smallest absolute Gasteiger partial charge is 0.144 e. The molecule has 0 heterocycles. The first-order valence-corrected chi connectivity index (χ1v) is 13.2. The van der Waals surface area contributed by atoms with Crippen molar-refractivity contribution in [1.29, 1.82) is 0 Å². The van der Waals surface area contributed by atoms with Crippen molar-refractivity contribution in [3.05, 3.63) is 35.9 Å². The van der Waals surface area contributed by atoms with E-state index >= 15 is 0 Å². The van der Waals surface area contributed by atoms with Crippen LogP contribution in [0.3, 0.4) is 0 Å². The summed E-state index contributed by atoms with van der Waals surface area (Å²) < 4.78 is 2.56. The standard InChI is InChI=1S/C12H17NS2.C6H12N2S4/c1-3-13(4-2)12(14)15-10-11-8-6-5-7-9-11;1-3-7-5(9)11-12-6(10)8-4-2/h5-9H,3-4,10H2,1-2H3;3-4H2,1-2H3,(H,7,9)(H,8,10). The van der Waals surface area contributed by atoms with Gasteiger partial charge in [-0.25, -0.2) is 0 Å². The van der Waals surface area contributed by atoms with E-state index in [1.165, 1.54) is 27.2 Å². The van der Waals surface area contributed by atoms with Gasteiger partial charge in [0.2, 0.25) is 0 Å². The summed E-state index contributed by atoms with van der Waals surface area (Å²) in [5.74, 6) is 0.968. The molecular formula is C18H29N3S6. The van der Waals surface area contributed by atoms with Gasteiger partial charge < -0.3 is 15.5 Å². The van der Waals surface area contributed by atoms with E-state index in [0.29, 0.717) is 0 Å². The van der Waals surface area contributed by atoms with E-state index in [2.05, 4.69) is 53.6 Å². The lowest BCUT2D eigenvalue weighted by molar-refractivity contribution is 0.482. The molecule has 152 valence electrons. The molecule has 0 aromatic heterocycles. The van der Waals surface area contributed by atoms with Crippen molar-refractivity contribution >= 4 is 83.0 Å². The zero-order chi connectivity index (χ0) is 20.5. The highest BCUT2D eigenvalue weighted by atomic mass is 33.1. The van der Waals surface area contributed by atoms with Gasteiger partial charge in [-0.15, -0.1) is 0 Å². The van der Waals surface area contributed by atoms with Gasteiger partial charge in [0.05, 0.1) is 0 Å². The molecule has 0 aliphatic rings. The summed E-state index contributed by atoms with van der Waals surface area (Å²) >= 11 is 17.1. The van der Waals surface area contributed by atoms with Crippen LogP contribution < -0.4 is 10.6 Å². The number of thioether (sulfide) groups is 1. The Labute approximate surface area is 193 Å². The fourth-order valence-electron chi connectivity index (χ4n) is 1.72. The molecule has 0 saturated heterocycles. The van der Waals surface area contributed by atoms with Gasteiger partial charge in [-0.3, -0.25) is 0 Å². The molecule has 3 nitrogen and oxygen atoms in total. The molecule has 0 fully saturated rings. The molecule has 0 saturated carbocycles. The quantitative estimate of drug-likeness (QED) is 0.393. The van der Waals surface area contributed by atoms with Crippen LogP contribution in [0.15, 0.2) is 30.3 Å². The summed E-state index contributed by atoms with van der Waals surface area (Å²) in [6.07, 6.45) is 0. The summed E-state index contributed by atoms with van der Waals surface area (Å²) in [5, 5.41) is 6.06. The highest BCUT2D eigenvalue weighted by molar-refractivity contribution is 8.89. The number of nitrogens with one attached hydrogen (secondary N) is 2. The maximum atomic E-state index is 5.36. The number of benzene rings is 1. The Morgan fingerprint density at radius 3 is 1.74 bits per heavy atom. The van der Waals surface area contributed by atoms with Crippen LogP contribution in [0.4, 0.5) is 0 Å². The van der Waals surface area contributed by atoms with Crippen LogP contribution in [0.1, 0.15) is 33.3 Å². The van der Waals surface area contributed by atoms with Crippen molar-refractivity contribution in [1.82, 2.24) is 15.5 Å². The lowest BCUT2D eigenvalue weighted by Gasteiger charge is -2.20. The van der Waals surface area contributed by atoms with Gasteiger partial charge in [-0.2, -0.15) is 0 Å². The molecule has 0 aliphatic heterocycles. The molecule has 0 spiro atoms. The third-order valence-electron chi connectivity index (χ3n) is 3.06. The van der Waals surface area contributed by atoms with Gasteiger partial charge in [0.1, 0.15) is 13.0 Å². The molecule has 9 heteroatoms. The summed E-state index contributed by atoms with van der Waals surface area (Å²) in [6, 6.07) is 10.4. The zero-order valence-corrected chi connectivity index (χ0v) is 21.2. The lowest BCUT2D eigenvalue weighted by Crippen LogP contribution is -2.26. The van der Waals surface area contributed by atoms with Crippen LogP contribution in [0.2, 0.25) is 0 Å². The average molecular weight is 480 g/mol. The molecular weight excluding hydrogens is 451 g/mol. The Morgan fingerprint density at radius 1 is 0.852 bits per heavy atom. The number of hydrogen-bond acceptors (Lipinski definition) is 6. The van der Waals surface area contributed by atoms with Crippen LogP contribution in [-0.4, -0.2) is 44.0 Å². The van der Waals surface area contributed by atoms with E-state index in [9.17, 15) is 0 Å². The first-order valence-electron chi connectivity index (χ1n) is 8.84. The Balaban J connectivity index is 0.000000516. The monoisotopic (exact) mass is 479 g/mol. The maximum Gasteiger partial charge on any atom is 0.144 e. The molecule has 0 bridgehead atoms. The van der Waals surface area contributed by atoms with E-state index in [1.807, 2.05) is 19.9 Å². The highest BCUT2D eigenvalue weighted by Gasteiger charge is 2.05. The molecule has 1 aromatic carbocycles. The fraction of sp³-hybridized carbons (Fsp3) is 0.500. The third kappa shape index (κ3) is 14.6. The van der Waals surface area contributed by atoms with Crippen LogP contribution in [0.25, 0.3) is 0 Å². The van der Waals surface area contributed by atoms with Gasteiger partial charge in [-0.05, 0) is 54.8 Å². The molecule has 1 rings (SSSR count). The Hall–Kier alpha value is -0.0600. The van der Waals surface area contributed by atoms with Crippen molar-refractivity contribution in [3.63, 3.8) is 0 Å². The molecule has 0 aliphatic carbocycles. The van der Waals surface area contributed by atoms with Crippen molar-refractivity contribution in [3.8, 4) is 0 Å². The Morgan fingerprint density at radius 2 is 1.33 bits per heavy atom. The lowest BCUT2D eigenvalue weighted by atomic mass is 10.2. The van der Waals surface area contributed by atoms with Crippen molar-refractivity contribution in [2.45, 2.75) is 33.4 Å². The molecule has 0 radical (unpaired) electrons. The summed E-state index contributed by atoms with van der Waals surface area (Å²) in [5.41, 5.74) is 1.33. The van der Waals surface area contributed by atoms with Crippen LogP contribution >= 0.6 is 70.0 Å². The normalized spacial score (nSPS) is 9.63. The topological polar surface area (TPSA) is 27.3 Å². The van der Waals surface area contributed by atoms with Crippen molar-refractivity contribution in [2.24, 2.45) is 0 Å². The van der Waals surface area contributed by atoms with Crippen LogP contribution in [0, 0.1) is 0 Å². The van der Waals surface area contributed by atoms with E-state index in [1.54, 1.807) is 11.8 Å². The van der Waals surface area contributed by atoms with Crippen molar-refractivity contribution < 1.29 is 0 Å².